The number of aliphatic hydroxyl groups is 2. The maximum absolute atomic E-state index is 10.7. The number of β-amino-alcohol motifs (C(OH)–C–C–N with tert-alkyl or cyclic N) is 1. The molecule has 1 saturated heterocycles. The van der Waals surface area contributed by atoms with Crippen LogP contribution >= 0.6 is 0 Å². The van der Waals surface area contributed by atoms with Gasteiger partial charge in [-0.05, 0) is 6.42 Å². The van der Waals surface area contributed by atoms with Crippen molar-refractivity contribution in [3.8, 4) is 0 Å². The zero-order chi connectivity index (χ0) is 8.43. The van der Waals surface area contributed by atoms with E-state index in [1.54, 1.807) is 0 Å². The molecule has 0 unspecified atom stereocenters. The molecule has 0 aliphatic carbocycles. The minimum Gasteiger partial charge on any atom is -0.392 e. The van der Waals surface area contributed by atoms with Gasteiger partial charge in [-0.25, -0.2) is 0 Å². The van der Waals surface area contributed by atoms with Crippen LogP contribution < -0.4 is 5.73 Å². The van der Waals surface area contributed by atoms with Crippen molar-refractivity contribution < 1.29 is 15.0 Å². The van der Waals surface area contributed by atoms with E-state index in [4.69, 9.17) is 15.9 Å². The fraction of sp³-hybridized carbons (Fsp3) is 0.833. The Morgan fingerprint density at radius 2 is 2.36 bits per heavy atom. The van der Waals surface area contributed by atoms with Crippen LogP contribution in [0.15, 0.2) is 0 Å². The summed E-state index contributed by atoms with van der Waals surface area (Å²) in [4.78, 5) is 12.1. The smallest absolute Gasteiger partial charge is 0.234 e. The first-order valence-corrected chi connectivity index (χ1v) is 3.47. The zero-order valence-electron chi connectivity index (χ0n) is 6.10. The monoisotopic (exact) mass is 160 g/mol. The average molecular weight is 160 g/mol. The largest absolute Gasteiger partial charge is 0.392 e. The van der Waals surface area contributed by atoms with Crippen molar-refractivity contribution in [2.75, 3.05) is 13.3 Å². The molecule has 0 radical (unpaired) electrons. The molecule has 0 bridgehead atoms. The second kappa shape index (κ2) is 3.17. The van der Waals surface area contributed by atoms with Crippen LogP contribution in [-0.2, 0) is 4.79 Å². The molecule has 1 rings (SSSR count). The van der Waals surface area contributed by atoms with Gasteiger partial charge in [0, 0.05) is 6.54 Å². The van der Waals surface area contributed by atoms with E-state index in [0.717, 1.165) is 0 Å². The van der Waals surface area contributed by atoms with Crippen molar-refractivity contribution in [3.05, 3.63) is 0 Å². The van der Waals surface area contributed by atoms with Crippen molar-refractivity contribution >= 4 is 5.91 Å². The number of nitrogens with zero attached hydrogens (tertiary/aromatic N) is 1. The Hall–Kier alpha value is -0.650. The summed E-state index contributed by atoms with van der Waals surface area (Å²) in [7, 11) is 0. The molecule has 5 nitrogen and oxygen atoms in total. The van der Waals surface area contributed by atoms with Crippen LogP contribution in [0.2, 0.25) is 0 Å². The fourth-order valence-electron chi connectivity index (χ4n) is 1.33. The molecular weight excluding hydrogens is 148 g/mol. The molecule has 1 aliphatic rings. The van der Waals surface area contributed by atoms with Crippen molar-refractivity contribution in [1.29, 1.82) is 0 Å². The van der Waals surface area contributed by atoms with Crippen molar-refractivity contribution in [3.63, 3.8) is 0 Å². The summed E-state index contributed by atoms with van der Waals surface area (Å²) < 4.78 is 0. The molecule has 2 atom stereocenters. The Bertz CT molecular complexity index is 162. The maximum atomic E-state index is 10.7. The van der Waals surface area contributed by atoms with Crippen LogP contribution in [0.5, 0.6) is 0 Å². The molecule has 0 saturated carbocycles. The molecule has 0 aromatic carbocycles. The number of likely N-dealkylation sites (tertiary alicyclic amines) is 1. The summed E-state index contributed by atoms with van der Waals surface area (Å²) in [6, 6.07) is -0.505. The molecule has 4 N–H and O–H groups in total. The lowest BCUT2D eigenvalue weighted by molar-refractivity contribution is -0.123. The van der Waals surface area contributed by atoms with Gasteiger partial charge in [0.25, 0.3) is 0 Å². The fourth-order valence-corrected chi connectivity index (χ4v) is 1.33. The topological polar surface area (TPSA) is 86.8 Å². The van der Waals surface area contributed by atoms with Gasteiger partial charge in [-0.1, -0.05) is 0 Å². The highest BCUT2D eigenvalue weighted by molar-refractivity contribution is 5.80. The third-order valence-electron chi connectivity index (χ3n) is 1.89. The maximum Gasteiger partial charge on any atom is 0.234 e. The first-order valence-electron chi connectivity index (χ1n) is 3.47. The summed E-state index contributed by atoms with van der Waals surface area (Å²) in [5.74, 6) is -0.490. The van der Waals surface area contributed by atoms with Crippen molar-refractivity contribution in [2.45, 2.75) is 18.6 Å². The highest BCUT2D eigenvalue weighted by atomic mass is 16.3. The van der Waals surface area contributed by atoms with Gasteiger partial charge >= 0.3 is 0 Å². The number of rotatable bonds is 2. The summed E-state index contributed by atoms with van der Waals surface area (Å²) in [6.45, 7) is 0.0920. The van der Waals surface area contributed by atoms with Crippen LogP contribution in [0, 0.1) is 0 Å². The van der Waals surface area contributed by atoms with Gasteiger partial charge in [-0.3, -0.25) is 9.69 Å². The third-order valence-corrected chi connectivity index (χ3v) is 1.89. The van der Waals surface area contributed by atoms with Gasteiger partial charge in [0.1, 0.15) is 0 Å². The van der Waals surface area contributed by atoms with E-state index in [9.17, 15) is 4.79 Å². The summed E-state index contributed by atoms with van der Waals surface area (Å²) in [5, 5.41) is 17.8. The molecular formula is C6H12N2O3. The molecule has 1 aliphatic heterocycles. The van der Waals surface area contributed by atoms with Crippen molar-refractivity contribution in [2.24, 2.45) is 5.73 Å². The molecule has 64 valence electrons. The van der Waals surface area contributed by atoms with Gasteiger partial charge < -0.3 is 15.9 Å². The number of primary amides is 1. The zero-order valence-corrected chi connectivity index (χ0v) is 6.10. The van der Waals surface area contributed by atoms with Gasteiger partial charge in [-0.15, -0.1) is 0 Å². The lowest BCUT2D eigenvalue weighted by atomic mass is 10.2. The summed E-state index contributed by atoms with van der Waals surface area (Å²) >= 11 is 0. The lowest BCUT2D eigenvalue weighted by Crippen LogP contribution is -2.40. The van der Waals surface area contributed by atoms with Crippen LogP contribution in [-0.4, -0.2) is 46.4 Å². The SMILES string of the molecule is NC(=O)[C@@H]1C[C@@H](O)CN1CO. The van der Waals surface area contributed by atoms with E-state index in [-0.39, 0.29) is 6.73 Å². The highest BCUT2D eigenvalue weighted by Crippen LogP contribution is 2.15. The van der Waals surface area contributed by atoms with Crippen LogP contribution in [0.1, 0.15) is 6.42 Å². The van der Waals surface area contributed by atoms with E-state index in [0.29, 0.717) is 13.0 Å². The third kappa shape index (κ3) is 1.68. The molecule has 0 aromatic rings. The molecule has 1 fully saturated rings. The van der Waals surface area contributed by atoms with E-state index >= 15 is 0 Å². The number of hydrogen-bond acceptors (Lipinski definition) is 4. The quantitative estimate of drug-likeness (QED) is 0.430. The summed E-state index contributed by atoms with van der Waals surface area (Å²) in [5.41, 5.74) is 5.02. The first kappa shape index (κ1) is 8.45. The standard InChI is InChI=1S/C6H12N2O3/c7-6(11)5-1-4(10)2-8(5)3-9/h4-5,9-10H,1-3H2,(H2,7,11)/t4-,5+/m1/s1. The Kier molecular flexibility index (Phi) is 2.43. The highest BCUT2D eigenvalue weighted by Gasteiger charge is 2.33. The predicted octanol–water partition coefficient (Wildman–Crippen LogP) is -2.14. The molecule has 5 heteroatoms. The Morgan fingerprint density at radius 3 is 2.73 bits per heavy atom. The van der Waals surface area contributed by atoms with E-state index in [1.165, 1.54) is 4.90 Å². The van der Waals surface area contributed by atoms with Gasteiger partial charge in [0.2, 0.25) is 5.91 Å². The Balaban J connectivity index is 2.57. The normalized spacial score (nSPS) is 32.5. The first-order chi connectivity index (χ1) is 5.15. The number of aliphatic hydroxyl groups excluding tert-OH is 2. The second-order valence-electron chi connectivity index (χ2n) is 2.72. The predicted molar refractivity (Wildman–Crippen MR) is 37.4 cm³/mol. The number of carbonyl (C=O) groups excluding carboxylic acids is 1. The molecule has 0 aromatic heterocycles. The van der Waals surface area contributed by atoms with Crippen LogP contribution in [0.4, 0.5) is 0 Å². The van der Waals surface area contributed by atoms with E-state index in [2.05, 4.69) is 0 Å². The van der Waals surface area contributed by atoms with E-state index in [1.807, 2.05) is 0 Å². The Labute approximate surface area is 64.4 Å². The lowest BCUT2D eigenvalue weighted by Gasteiger charge is -2.17. The van der Waals surface area contributed by atoms with Crippen molar-refractivity contribution in [1.82, 2.24) is 4.90 Å². The molecule has 0 spiro atoms. The molecule has 1 heterocycles. The molecule has 11 heavy (non-hydrogen) atoms. The van der Waals surface area contributed by atoms with Gasteiger partial charge in [0.05, 0.1) is 18.9 Å². The number of hydrogen-bond donors (Lipinski definition) is 3. The van der Waals surface area contributed by atoms with Crippen LogP contribution in [0.25, 0.3) is 0 Å². The minimum absolute atomic E-state index is 0.231. The minimum atomic E-state index is -0.542. The number of nitrogens with two attached hydrogens (primary N) is 1. The second-order valence-corrected chi connectivity index (χ2v) is 2.72. The number of carbonyl (C=O) groups is 1. The molecule has 1 amide bonds. The van der Waals surface area contributed by atoms with Gasteiger partial charge in [0.15, 0.2) is 0 Å². The van der Waals surface area contributed by atoms with Gasteiger partial charge in [-0.2, -0.15) is 0 Å². The van der Waals surface area contributed by atoms with Crippen LogP contribution in [0.3, 0.4) is 0 Å². The number of amides is 1. The Morgan fingerprint density at radius 1 is 1.73 bits per heavy atom. The van der Waals surface area contributed by atoms with E-state index < -0.39 is 18.1 Å². The summed E-state index contributed by atoms with van der Waals surface area (Å²) in [6.07, 6.45) is -0.213. The average Bonchev–Trinajstić information content (AvgIpc) is 2.30.